The van der Waals surface area contributed by atoms with Crippen molar-refractivity contribution in [2.75, 3.05) is 18.1 Å². The molecule has 0 aliphatic carbocycles. The van der Waals surface area contributed by atoms with Crippen molar-refractivity contribution in [2.24, 2.45) is 0 Å². The minimum absolute atomic E-state index is 0.503. The molecule has 0 atom stereocenters. The van der Waals surface area contributed by atoms with Gasteiger partial charge in [-0.2, -0.15) is 11.8 Å². The molecule has 0 N–H and O–H groups in total. The molecule has 0 saturated carbocycles. The Kier molecular flexibility index (Phi) is 7.33. The quantitative estimate of drug-likeness (QED) is 0.531. The zero-order valence-electron chi connectivity index (χ0n) is 9.34. The van der Waals surface area contributed by atoms with Crippen molar-refractivity contribution in [3.05, 3.63) is 28.2 Å². The van der Waals surface area contributed by atoms with Crippen LogP contribution in [0.3, 0.4) is 0 Å². The second-order valence-electron chi connectivity index (χ2n) is 3.29. The standard InChI is InChI=1S/C12H16BrClOS/c1-2-16-7-3-6-15-11-4-5-12(13)10(8-11)9-14/h4-5,8H,2-3,6-7,9H2,1H3. The Morgan fingerprint density at radius 2 is 2.25 bits per heavy atom. The predicted molar refractivity (Wildman–Crippen MR) is 76.8 cm³/mol. The van der Waals surface area contributed by atoms with E-state index in [1.807, 2.05) is 30.0 Å². The highest BCUT2D eigenvalue weighted by Gasteiger charge is 2.01. The zero-order valence-corrected chi connectivity index (χ0v) is 12.5. The van der Waals surface area contributed by atoms with E-state index in [0.717, 1.165) is 34.6 Å². The third kappa shape index (κ3) is 4.98. The number of benzene rings is 1. The molecule has 1 nitrogen and oxygen atoms in total. The van der Waals surface area contributed by atoms with Crippen molar-refractivity contribution >= 4 is 39.3 Å². The fourth-order valence-electron chi connectivity index (χ4n) is 1.24. The van der Waals surface area contributed by atoms with Gasteiger partial charge < -0.3 is 4.74 Å². The van der Waals surface area contributed by atoms with Crippen LogP contribution in [-0.4, -0.2) is 18.1 Å². The summed E-state index contributed by atoms with van der Waals surface area (Å²) in [6.07, 6.45) is 1.09. The average Bonchev–Trinajstić information content (AvgIpc) is 2.31. The van der Waals surface area contributed by atoms with Gasteiger partial charge in [0.25, 0.3) is 0 Å². The summed E-state index contributed by atoms with van der Waals surface area (Å²) < 4.78 is 6.70. The van der Waals surface area contributed by atoms with Crippen LogP contribution < -0.4 is 4.74 Å². The van der Waals surface area contributed by atoms with Crippen molar-refractivity contribution in [3.8, 4) is 5.75 Å². The Labute approximate surface area is 115 Å². The fourth-order valence-corrected chi connectivity index (χ4v) is 2.62. The van der Waals surface area contributed by atoms with Crippen LogP contribution in [0.4, 0.5) is 0 Å². The molecule has 0 heterocycles. The molecule has 0 fully saturated rings. The molecule has 90 valence electrons. The first kappa shape index (κ1) is 14.2. The number of hydrogen-bond acceptors (Lipinski definition) is 2. The van der Waals surface area contributed by atoms with Gasteiger partial charge in [-0.1, -0.05) is 22.9 Å². The maximum Gasteiger partial charge on any atom is 0.119 e. The van der Waals surface area contributed by atoms with E-state index in [9.17, 15) is 0 Å². The monoisotopic (exact) mass is 322 g/mol. The molecule has 1 rings (SSSR count). The van der Waals surface area contributed by atoms with E-state index in [-0.39, 0.29) is 0 Å². The van der Waals surface area contributed by atoms with Crippen LogP contribution in [0, 0.1) is 0 Å². The predicted octanol–water partition coefficient (Wildman–Crippen LogP) is 4.71. The van der Waals surface area contributed by atoms with Gasteiger partial charge >= 0.3 is 0 Å². The number of hydrogen-bond donors (Lipinski definition) is 0. The smallest absolute Gasteiger partial charge is 0.119 e. The lowest BCUT2D eigenvalue weighted by Gasteiger charge is -2.08. The van der Waals surface area contributed by atoms with E-state index in [0.29, 0.717) is 5.88 Å². The van der Waals surface area contributed by atoms with Gasteiger partial charge in [0.1, 0.15) is 5.75 Å². The summed E-state index contributed by atoms with van der Waals surface area (Å²) >= 11 is 11.2. The van der Waals surface area contributed by atoms with Crippen LogP contribution in [0.25, 0.3) is 0 Å². The Hall–Kier alpha value is 0.140. The van der Waals surface area contributed by atoms with Crippen molar-refractivity contribution < 1.29 is 4.74 Å². The first-order valence-corrected chi connectivity index (χ1v) is 7.81. The van der Waals surface area contributed by atoms with E-state index < -0.39 is 0 Å². The third-order valence-corrected chi connectivity index (χ3v) is 4.11. The van der Waals surface area contributed by atoms with Crippen LogP contribution in [0.2, 0.25) is 0 Å². The normalized spacial score (nSPS) is 10.4. The van der Waals surface area contributed by atoms with E-state index in [1.165, 1.54) is 5.75 Å². The number of thioether (sulfide) groups is 1. The topological polar surface area (TPSA) is 9.23 Å². The molecule has 0 unspecified atom stereocenters. The zero-order chi connectivity index (χ0) is 11.8. The van der Waals surface area contributed by atoms with Crippen LogP contribution in [0.15, 0.2) is 22.7 Å². The molecule has 1 aromatic carbocycles. The molecule has 4 heteroatoms. The van der Waals surface area contributed by atoms with Crippen molar-refractivity contribution in [3.63, 3.8) is 0 Å². The minimum Gasteiger partial charge on any atom is -0.494 e. The number of ether oxygens (including phenoxy) is 1. The van der Waals surface area contributed by atoms with E-state index in [1.54, 1.807) is 0 Å². The van der Waals surface area contributed by atoms with Gasteiger partial charge in [-0.25, -0.2) is 0 Å². The summed E-state index contributed by atoms with van der Waals surface area (Å²) in [6, 6.07) is 5.94. The lowest BCUT2D eigenvalue weighted by Crippen LogP contribution is -1.99. The van der Waals surface area contributed by atoms with E-state index >= 15 is 0 Å². The maximum atomic E-state index is 5.82. The highest BCUT2D eigenvalue weighted by atomic mass is 79.9. The molecule has 0 bridgehead atoms. The second-order valence-corrected chi connectivity index (χ2v) is 5.80. The number of alkyl halides is 1. The van der Waals surface area contributed by atoms with Crippen LogP contribution >= 0.6 is 39.3 Å². The lowest BCUT2D eigenvalue weighted by molar-refractivity contribution is 0.318. The lowest BCUT2D eigenvalue weighted by atomic mass is 10.2. The van der Waals surface area contributed by atoms with Crippen LogP contribution in [-0.2, 0) is 5.88 Å². The third-order valence-electron chi connectivity index (χ3n) is 2.07. The molecule has 0 aliphatic rings. The molecule has 0 aliphatic heterocycles. The molecule has 0 saturated heterocycles. The minimum atomic E-state index is 0.503. The van der Waals surface area contributed by atoms with Crippen molar-refractivity contribution in [2.45, 2.75) is 19.2 Å². The highest BCUT2D eigenvalue weighted by molar-refractivity contribution is 9.10. The average molecular weight is 324 g/mol. The van der Waals surface area contributed by atoms with Crippen molar-refractivity contribution in [1.29, 1.82) is 0 Å². The Morgan fingerprint density at radius 1 is 1.44 bits per heavy atom. The molecule has 1 aromatic rings. The molecule has 16 heavy (non-hydrogen) atoms. The second kappa shape index (κ2) is 8.26. The van der Waals surface area contributed by atoms with Gasteiger partial charge in [-0.15, -0.1) is 11.6 Å². The van der Waals surface area contributed by atoms with Gasteiger partial charge in [0, 0.05) is 10.4 Å². The van der Waals surface area contributed by atoms with Crippen molar-refractivity contribution in [1.82, 2.24) is 0 Å². The van der Waals surface area contributed by atoms with E-state index in [4.69, 9.17) is 16.3 Å². The van der Waals surface area contributed by atoms with Gasteiger partial charge in [-0.3, -0.25) is 0 Å². The summed E-state index contributed by atoms with van der Waals surface area (Å²) in [7, 11) is 0. The summed E-state index contributed by atoms with van der Waals surface area (Å²) in [5, 5.41) is 0. The fraction of sp³-hybridized carbons (Fsp3) is 0.500. The Morgan fingerprint density at radius 3 is 2.94 bits per heavy atom. The molecule has 0 radical (unpaired) electrons. The van der Waals surface area contributed by atoms with Crippen LogP contribution in [0.5, 0.6) is 5.75 Å². The molecule has 0 amide bonds. The van der Waals surface area contributed by atoms with Crippen LogP contribution in [0.1, 0.15) is 18.9 Å². The SMILES string of the molecule is CCSCCCOc1ccc(Br)c(CCl)c1. The largest absolute Gasteiger partial charge is 0.494 e. The summed E-state index contributed by atoms with van der Waals surface area (Å²) in [5.74, 6) is 3.74. The molecular weight excluding hydrogens is 308 g/mol. The summed E-state index contributed by atoms with van der Waals surface area (Å²) in [6.45, 7) is 2.95. The number of rotatable bonds is 7. The van der Waals surface area contributed by atoms with Gasteiger partial charge in [0.05, 0.1) is 6.61 Å². The molecule has 0 spiro atoms. The van der Waals surface area contributed by atoms with E-state index in [2.05, 4.69) is 22.9 Å². The Balaban J connectivity index is 2.36. The Bertz CT molecular complexity index is 320. The highest BCUT2D eigenvalue weighted by Crippen LogP contribution is 2.24. The summed E-state index contributed by atoms with van der Waals surface area (Å²) in [5.41, 5.74) is 1.07. The van der Waals surface area contributed by atoms with Gasteiger partial charge in [0.2, 0.25) is 0 Å². The number of halogens is 2. The van der Waals surface area contributed by atoms with Gasteiger partial charge in [0.15, 0.2) is 0 Å². The first-order chi connectivity index (χ1) is 7.77. The van der Waals surface area contributed by atoms with Gasteiger partial charge in [-0.05, 0) is 41.7 Å². The first-order valence-electron chi connectivity index (χ1n) is 5.33. The maximum absolute atomic E-state index is 5.82. The molecular formula is C12H16BrClOS. The summed E-state index contributed by atoms with van der Waals surface area (Å²) in [4.78, 5) is 0. The molecule has 0 aromatic heterocycles.